The quantitative estimate of drug-likeness (QED) is 0.430. The molecule has 3 heterocycles. The molecule has 4 aromatic rings. The molecule has 1 aromatic carbocycles. The lowest BCUT2D eigenvalue weighted by atomic mass is 10.1. The summed E-state index contributed by atoms with van der Waals surface area (Å²) in [6, 6.07) is 12.2. The first-order valence-corrected chi connectivity index (χ1v) is 11.7. The van der Waals surface area contributed by atoms with Crippen molar-refractivity contribution in [1.29, 1.82) is 0 Å². The Labute approximate surface area is 197 Å². The van der Waals surface area contributed by atoms with Crippen LogP contribution in [0.5, 0.6) is 0 Å². The number of amides is 1. The fourth-order valence-electron chi connectivity index (χ4n) is 4.30. The zero-order valence-electron chi connectivity index (χ0n) is 18.9. The number of nitrogens with one attached hydrogen (secondary N) is 2. The predicted octanol–water partition coefficient (Wildman–Crippen LogP) is 4.35. The van der Waals surface area contributed by atoms with E-state index in [4.69, 9.17) is 0 Å². The smallest absolute Gasteiger partial charge is 0.229 e. The maximum atomic E-state index is 12.7. The van der Waals surface area contributed by atoms with E-state index in [-0.39, 0.29) is 17.7 Å². The zero-order valence-corrected chi connectivity index (χ0v) is 18.9. The van der Waals surface area contributed by atoms with Crippen LogP contribution in [-0.2, 0) is 11.3 Å². The number of benzene rings is 1. The summed E-state index contributed by atoms with van der Waals surface area (Å²) in [6.07, 6.45) is 8.49. The number of nitrogens with zero attached hydrogens (tertiary/aromatic N) is 5. The van der Waals surface area contributed by atoms with Gasteiger partial charge in [0.2, 0.25) is 5.91 Å². The minimum Gasteiger partial charge on any atom is -0.366 e. The minimum atomic E-state index is -0.125. The summed E-state index contributed by atoms with van der Waals surface area (Å²) in [7, 11) is 0. The Bertz CT molecular complexity index is 1380. The van der Waals surface area contributed by atoms with E-state index in [0.717, 1.165) is 34.4 Å². The first-order chi connectivity index (χ1) is 16.6. The number of fused-ring (bicyclic) bond motifs is 1. The first kappa shape index (κ1) is 20.7. The number of anilines is 2. The maximum absolute atomic E-state index is 12.7. The van der Waals surface area contributed by atoms with Crippen molar-refractivity contribution in [3.63, 3.8) is 0 Å². The van der Waals surface area contributed by atoms with Crippen LogP contribution in [0.3, 0.4) is 0 Å². The Morgan fingerprint density at radius 3 is 2.76 bits per heavy atom. The number of aryl methyl sites for hydroxylation is 1. The van der Waals surface area contributed by atoms with Gasteiger partial charge in [-0.2, -0.15) is 0 Å². The normalized spacial score (nSPS) is 19.1. The highest BCUT2D eigenvalue weighted by atomic mass is 16.2. The summed E-state index contributed by atoms with van der Waals surface area (Å²) in [5.74, 6) is 2.44. The van der Waals surface area contributed by atoms with Gasteiger partial charge in [0.15, 0.2) is 0 Å². The number of hydrogen-bond donors (Lipinski definition) is 2. The molecule has 0 aliphatic heterocycles. The average Bonchev–Trinajstić information content (AvgIpc) is 3.76. The third-order valence-electron chi connectivity index (χ3n) is 6.48. The SMILES string of the molecule is Cc1ccnc(C2C[C@@H]2C(=O)Nc2cc(NCc3ccc4ncc(C5CC5)cc4c3)ncn2)n1. The molecule has 6 rings (SSSR count). The third-order valence-corrected chi connectivity index (χ3v) is 6.48. The van der Waals surface area contributed by atoms with Crippen LogP contribution in [0.25, 0.3) is 10.9 Å². The third kappa shape index (κ3) is 4.44. The van der Waals surface area contributed by atoms with Crippen LogP contribution in [0.1, 0.15) is 53.7 Å². The molecule has 170 valence electrons. The van der Waals surface area contributed by atoms with Crippen molar-refractivity contribution in [2.75, 3.05) is 10.6 Å². The van der Waals surface area contributed by atoms with Crippen LogP contribution in [-0.4, -0.2) is 30.8 Å². The van der Waals surface area contributed by atoms with E-state index >= 15 is 0 Å². The molecule has 34 heavy (non-hydrogen) atoms. The second-order valence-electron chi connectivity index (χ2n) is 9.21. The van der Waals surface area contributed by atoms with Gasteiger partial charge in [0.1, 0.15) is 23.8 Å². The minimum absolute atomic E-state index is 0.0618. The molecule has 0 saturated heterocycles. The lowest BCUT2D eigenvalue weighted by molar-refractivity contribution is -0.117. The number of carbonyl (C=O) groups is 1. The number of hydrogen-bond acceptors (Lipinski definition) is 7. The fraction of sp³-hybridized carbons (Fsp3) is 0.308. The van der Waals surface area contributed by atoms with Crippen molar-refractivity contribution in [3.8, 4) is 0 Å². The van der Waals surface area contributed by atoms with Gasteiger partial charge in [-0.1, -0.05) is 6.07 Å². The largest absolute Gasteiger partial charge is 0.366 e. The van der Waals surface area contributed by atoms with Gasteiger partial charge in [-0.05, 0) is 67.5 Å². The number of aromatic nitrogens is 5. The number of pyridine rings is 1. The van der Waals surface area contributed by atoms with E-state index in [1.54, 1.807) is 12.3 Å². The van der Waals surface area contributed by atoms with E-state index in [1.165, 1.54) is 24.7 Å². The molecule has 2 aliphatic carbocycles. The molecule has 2 aliphatic rings. The Morgan fingerprint density at radius 2 is 1.91 bits per heavy atom. The second kappa shape index (κ2) is 8.44. The summed E-state index contributed by atoms with van der Waals surface area (Å²) < 4.78 is 0. The van der Waals surface area contributed by atoms with Crippen LogP contribution in [0.15, 0.2) is 55.1 Å². The maximum Gasteiger partial charge on any atom is 0.229 e. The average molecular weight is 452 g/mol. The van der Waals surface area contributed by atoms with E-state index < -0.39 is 0 Å². The summed E-state index contributed by atoms with van der Waals surface area (Å²) >= 11 is 0. The molecule has 1 amide bonds. The Kier molecular flexibility index (Phi) is 5.13. The Hall–Kier alpha value is -3.94. The van der Waals surface area contributed by atoms with Crippen molar-refractivity contribution in [2.45, 2.75) is 44.6 Å². The van der Waals surface area contributed by atoms with E-state index in [9.17, 15) is 4.79 Å². The highest BCUT2D eigenvalue weighted by molar-refractivity contribution is 5.94. The monoisotopic (exact) mass is 451 g/mol. The molecule has 2 fully saturated rings. The summed E-state index contributed by atoms with van der Waals surface area (Å²) in [5, 5.41) is 7.40. The van der Waals surface area contributed by atoms with Gasteiger partial charge in [-0.3, -0.25) is 9.78 Å². The van der Waals surface area contributed by atoms with Gasteiger partial charge >= 0.3 is 0 Å². The van der Waals surface area contributed by atoms with Gasteiger partial charge in [0.05, 0.1) is 5.52 Å². The molecule has 3 aromatic heterocycles. The molecular formula is C26H25N7O. The highest BCUT2D eigenvalue weighted by Crippen LogP contribution is 2.46. The molecule has 2 saturated carbocycles. The topological polar surface area (TPSA) is 106 Å². The van der Waals surface area contributed by atoms with Crippen molar-refractivity contribution in [2.24, 2.45) is 5.92 Å². The molecule has 2 N–H and O–H groups in total. The summed E-state index contributed by atoms with van der Waals surface area (Å²) in [5.41, 5.74) is 4.40. The van der Waals surface area contributed by atoms with Gasteiger partial charge < -0.3 is 10.6 Å². The first-order valence-electron chi connectivity index (χ1n) is 11.7. The lowest BCUT2D eigenvalue weighted by Crippen LogP contribution is -2.16. The lowest BCUT2D eigenvalue weighted by Gasteiger charge is -2.09. The van der Waals surface area contributed by atoms with Crippen LogP contribution >= 0.6 is 0 Å². The molecule has 8 heteroatoms. The van der Waals surface area contributed by atoms with Gasteiger partial charge in [-0.15, -0.1) is 0 Å². The zero-order chi connectivity index (χ0) is 23.1. The van der Waals surface area contributed by atoms with Gasteiger partial charge in [-0.25, -0.2) is 19.9 Å². The highest BCUT2D eigenvalue weighted by Gasteiger charge is 2.46. The number of carbonyl (C=O) groups excluding carboxylic acids is 1. The molecule has 8 nitrogen and oxygen atoms in total. The van der Waals surface area contributed by atoms with Crippen molar-refractivity contribution < 1.29 is 4.79 Å². The van der Waals surface area contributed by atoms with Crippen LogP contribution < -0.4 is 10.6 Å². The van der Waals surface area contributed by atoms with E-state index in [1.807, 2.05) is 19.2 Å². The van der Waals surface area contributed by atoms with Crippen molar-refractivity contribution in [3.05, 3.63) is 77.8 Å². The second-order valence-corrected chi connectivity index (χ2v) is 9.21. The van der Waals surface area contributed by atoms with E-state index in [0.29, 0.717) is 24.1 Å². The van der Waals surface area contributed by atoms with Crippen molar-refractivity contribution >= 4 is 28.4 Å². The van der Waals surface area contributed by atoms with Crippen LogP contribution in [0, 0.1) is 12.8 Å². The van der Waals surface area contributed by atoms with Gasteiger partial charge in [0, 0.05) is 47.9 Å². The Balaban J connectivity index is 1.09. The predicted molar refractivity (Wildman–Crippen MR) is 129 cm³/mol. The molecule has 1 unspecified atom stereocenters. The number of rotatable bonds is 7. The standard InChI is InChI=1S/C26H25N7O/c1-15-6-7-27-25(32-15)20-10-21(20)26(34)33-24-11-23(30-14-31-24)29-12-16-2-5-22-18(8-16)9-19(13-28-22)17-3-4-17/h2,5-9,11,13-14,17,20-21H,3-4,10,12H2,1H3,(H2,29,30,31,33,34)/t20?,21-/m0/s1. The van der Waals surface area contributed by atoms with Gasteiger partial charge in [0.25, 0.3) is 0 Å². The molecular weight excluding hydrogens is 426 g/mol. The Morgan fingerprint density at radius 1 is 1.03 bits per heavy atom. The van der Waals surface area contributed by atoms with Crippen molar-refractivity contribution in [1.82, 2.24) is 24.9 Å². The fourth-order valence-corrected chi connectivity index (χ4v) is 4.30. The summed E-state index contributed by atoms with van der Waals surface area (Å²) in [4.78, 5) is 34.5. The van der Waals surface area contributed by atoms with E-state index in [2.05, 4.69) is 59.8 Å². The van der Waals surface area contributed by atoms with Crippen LogP contribution in [0.4, 0.5) is 11.6 Å². The molecule has 0 bridgehead atoms. The molecule has 0 radical (unpaired) electrons. The van der Waals surface area contributed by atoms with Crippen LogP contribution in [0.2, 0.25) is 0 Å². The molecule has 0 spiro atoms. The molecule has 2 atom stereocenters. The summed E-state index contributed by atoms with van der Waals surface area (Å²) in [6.45, 7) is 2.54.